The van der Waals surface area contributed by atoms with E-state index in [2.05, 4.69) is 17.1 Å². The summed E-state index contributed by atoms with van der Waals surface area (Å²) in [5, 5.41) is 12.7. The lowest BCUT2D eigenvalue weighted by Gasteiger charge is -2.45. The summed E-state index contributed by atoms with van der Waals surface area (Å²) in [5.41, 5.74) is 0. The Morgan fingerprint density at radius 1 is 1.38 bits per heavy atom. The number of aliphatic hydroxyl groups is 1. The van der Waals surface area contributed by atoms with Crippen molar-refractivity contribution in [3.05, 3.63) is 0 Å². The highest BCUT2D eigenvalue weighted by Crippen LogP contribution is 2.27. The van der Waals surface area contributed by atoms with Gasteiger partial charge in [-0.25, -0.2) is 0 Å². The molecule has 3 rings (SSSR count). The van der Waals surface area contributed by atoms with Crippen molar-refractivity contribution in [2.24, 2.45) is 11.8 Å². The van der Waals surface area contributed by atoms with Gasteiger partial charge < -0.3 is 15.3 Å². The van der Waals surface area contributed by atoms with Crippen LogP contribution in [-0.2, 0) is 0 Å². The minimum absolute atomic E-state index is 0.333. The number of hydrogen-bond acceptors (Lipinski definition) is 3. The molecule has 2 N–H and O–H groups in total. The summed E-state index contributed by atoms with van der Waals surface area (Å²) in [6.45, 7) is 7.49. The van der Waals surface area contributed by atoms with Gasteiger partial charge in [0.2, 0.25) is 0 Å². The SMILES string of the molecule is CC(CO)CCCNC1CN2CCC1CC2. The van der Waals surface area contributed by atoms with Crippen LogP contribution in [0.4, 0.5) is 0 Å². The van der Waals surface area contributed by atoms with Crippen molar-refractivity contribution >= 4 is 0 Å². The van der Waals surface area contributed by atoms with Crippen LogP contribution in [-0.4, -0.2) is 48.8 Å². The second-order valence-corrected chi connectivity index (χ2v) is 5.63. The topological polar surface area (TPSA) is 35.5 Å². The van der Waals surface area contributed by atoms with E-state index in [9.17, 15) is 0 Å². The van der Waals surface area contributed by atoms with Gasteiger partial charge in [0.05, 0.1) is 0 Å². The second kappa shape index (κ2) is 5.99. The highest BCUT2D eigenvalue weighted by atomic mass is 16.3. The monoisotopic (exact) mass is 226 g/mol. The van der Waals surface area contributed by atoms with E-state index in [-0.39, 0.29) is 0 Å². The molecule has 0 aliphatic carbocycles. The predicted octanol–water partition coefficient (Wildman–Crippen LogP) is 1.08. The molecule has 94 valence electrons. The normalized spacial score (nSPS) is 35.2. The highest BCUT2D eigenvalue weighted by molar-refractivity contribution is 4.90. The Hall–Kier alpha value is -0.120. The third-order valence-corrected chi connectivity index (χ3v) is 4.25. The molecule has 2 bridgehead atoms. The van der Waals surface area contributed by atoms with Crippen LogP contribution in [0.1, 0.15) is 32.6 Å². The van der Waals surface area contributed by atoms with E-state index < -0.39 is 0 Å². The minimum atomic E-state index is 0.333. The molecule has 3 saturated heterocycles. The van der Waals surface area contributed by atoms with Crippen LogP contribution in [0.2, 0.25) is 0 Å². The number of hydrogen-bond donors (Lipinski definition) is 2. The Balaban J connectivity index is 1.60. The van der Waals surface area contributed by atoms with Crippen LogP contribution in [0.25, 0.3) is 0 Å². The maximum atomic E-state index is 8.94. The average Bonchev–Trinajstić information content (AvgIpc) is 2.36. The van der Waals surface area contributed by atoms with Gasteiger partial charge in [0.15, 0.2) is 0 Å². The molecule has 0 aromatic carbocycles. The van der Waals surface area contributed by atoms with Gasteiger partial charge in [-0.15, -0.1) is 0 Å². The van der Waals surface area contributed by atoms with Gasteiger partial charge in [-0.3, -0.25) is 0 Å². The summed E-state index contributed by atoms with van der Waals surface area (Å²) in [7, 11) is 0. The first kappa shape index (κ1) is 12.3. The fourth-order valence-electron chi connectivity index (χ4n) is 3.03. The lowest BCUT2D eigenvalue weighted by atomic mass is 9.84. The molecule has 0 saturated carbocycles. The second-order valence-electron chi connectivity index (χ2n) is 5.63. The molecule has 3 nitrogen and oxygen atoms in total. The smallest absolute Gasteiger partial charge is 0.0456 e. The Kier molecular flexibility index (Phi) is 4.62. The molecule has 16 heavy (non-hydrogen) atoms. The van der Waals surface area contributed by atoms with Gasteiger partial charge >= 0.3 is 0 Å². The van der Waals surface area contributed by atoms with Crippen LogP contribution in [0, 0.1) is 11.8 Å². The molecule has 2 atom stereocenters. The standard InChI is InChI=1S/C13H26N2O/c1-11(10-16)3-2-6-14-13-9-15-7-4-12(13)5-8-15/h11-14,16H,2-10H2,1H3. The molecular formula is C13H26N2O. The van der Waals surface area contributed by atoms with Crippen molar-refractivity contribution in [1.82, 2.24) is 10.2 Å². The summed E-state index contributed by atoms with van der Waals surface area (Å²) in [6.07, 6.45) is 5.13. The summed E-state index contributed by atoms with van der Waals surface area (Å²) in [4.78, 5) is 2.59. The Morgan fingerprint density at radius 2 is 2.12 bits per heavy atom. The lowest BCUT2D eigenvalue weighted by molar-refractivity contribution is 0.0724. The molecule has 0 aromatic rings. The number of rotatable bonds is 6. The van der Waals surface area contributed by atoms with E-state index in [1.807, 2.05) is 0 Å². The number of fused-ring (bicyclic) bond motifs is 3. The van der Waals surface area contributed by atoms with Gasteiger partial charge in [0.1, 0.15) is 0 Å². The fourth-order valence-corrected chi connectivity index (χ4v) is 3.03. The van der Waals surface area contributed by atoms with Crippen LogP contribution in [0.3, 0.4) is 0 Å². The molecule has 0 radical (unpaired) electrons. The third kappa shape index (κ3) is 3.19. The van der Waals surface area contributed by atoms with Crippen molar-refractivity contribution in [3.63, 3.8) is 0 Å². The minimum Gasteiger partial charge on any atom is -0.396 e. The van der Waals surface area contributed by atoms with Crippen molar-refractivity contribution in [2.45, 2.75) is 38.6 Å². The van der Waals surface area contributed by atoms with Gasteiger partial charge in [0, 0.05) is 19.2 Å². The molecule has 3 aliphatic rings. The number of nitrogens with zero attached hydrogens (tertiary/aromatic N) is 1. The molecule has 3 heterocycles. The number of nitrogens with one attached hydrogen (secondary N) is 1. The van der Waals surface area contributed by atoms with Gasteiger partial charge in [-0.1, -0.05) is 6.92 Å². The van der Waals surface area contributed by atoms with E-state index in [1.54, 1.807) is 0 Å². The maximum Gasteiger partial charge on any atom is 0.0456 e. The van der Waals surface area contributed by atoms with Crippen molar-refractivity contribution in [2.75, 3.05) is 32.8 Å². The van der Waals surface area contributed by atoms with Crippen LogP contribution in [0.15, 0.2) is 0 Å². The zero-order valence-corrected chi connectivity index (χ0v) is 10.5. The highest BCUT2D eigenvalue weighted by Gasteiger charge is 2.33. The first-order valence-corrected chi connectivity index (χ1v) is 6.86. The molecule has 3 heteroatoms. The Labute approximate surface area is 99.2 Å². The van der Waals surface area contributed by atoms with E-state index in [4.69, 9.17) is 5.11 Å². The van der Waals surface area contributed by atoms with Crippen LogP contribution in [0.5, 0.6) is 0 Å². The first-order chi connectivity index (χ1) is 7.79. The fraction of sp³-hybridized carbons (Fsp3) is 1.00. The quantitative estimate of drug-likeness (QED) is 0.665. The zero-order valence-electron chi connectivity index (χ0n) is 10.5. The average molecular weight is 226 g/mol. The van der Waals surface area contributed by atoms with Gasteiger partial charge in [-0.2, -0.15) is 0 Å². The van der Waals surface area contributed by atoms with Crippen LogP contribution < -0.4 is 5.32 Å². The third-order valence-electron chi connectivity index (χ3n) is 4.25. The largest absolute Gasteiger partial charge is 0.396 e. The number of piperidine rings is 3. The molecule has 2 unspecified atom stereocenters. The van der Waals surface area contributed by atoms with E-state index in [0.29, 0.717) is 12.5 Å². The molecule has 0 aromatic heterocycles. The summed E-state index contributed by atoms with van der Waals surface area (Å²) < 4.78 is 0. The molecule has 0 spiro atoms. The Bertz CT molecular complexity index is 202. The maximum absolute atomic E-state index is 8.94. The van der Waals surface area contributed by atoms with Gasteiger partial charge in [0.25, 0.3) is 0 Å². The summed E-state index contributed by atoms with van der Waals surface area (Å²) in [6, 6.07) is 0.743. The lowest BCUT2D eigenvalue weighted by Crippen LogP contribution is -2.56. The zero-order chi connectivity index (χ0) is 11.4. The molecule has 0 amide bonds. The Morgan fingerprint density at radius 3 is 2.69 bits per heavy atom. The number of aliphatic hydroxyl groups excluding tert-OH is 1. The van der Waals surface area contributed by atoms with Crippen LogP contribution >= 0.6 is 0 Å². The predicted molar refractivity (Wildman–Crippen MR) is 66.4 cm³/mol. The van der Waals surface area contributed by atoms with E-state index in [0.717, 1.165) is 24.9 Å². The summed E-state index contributed by atoms with van der Waals surface area (Å²) >= 11 is 0. The van der Waals surface area contributed by atoms with Crippen molar-refractivity contribution < 1.29 is 5.11 Å². The van der Waals surface area contributed by atoms with E-state index in [1.165, 1.54) is 38.9 Å². The summed E-state index contributed by atoms with van der Waals surface area (Å²) in [5.74, 6) is 1.40. The van der Waals surface area contributed by atoms with E-state index >= 15 is 0 Å². The van der Waals surface area contributed by atoms with Crippen molar-refractivity contribution in [1.29, 1.82) is 0 Å². The first-order valence-electron chi connectivity index (χ1n) is 6.86. The van der Waals surface area contributed by atoms with Gasteiger partial charge in [-0.05, 0) is 57.2 Å². The molecular weight excluding hydrogens is 200 g/mol. The molecule has 3 fully saturated rings. The van der Waals surface area contributed by atoms with Crippen molar-refractivity contribution in [3.8, 4) is 0 Å². The molecule has 3 aliphatic heterocycles.